The summed E-state index contributed by atoms with van der Waals surface area (Å²) in [6.45, 7) is 0.453. The molecule has 3 rings (SSSR count). The van der Waals surface area contributed by atoms with Crippen molar-refractivity contribution in [3.63, 3.8) is 0 Å². The second-order valence-corrected chi connectivity index (χ2v) is 4.43. The topological polar surface area (TPSA) is 82.8 Å². The van der Waals surface area contributed by atoms with Gasteiger partial charge < -0.3 is 10.2 Å². The zero-order chi connectivity index (χ0) is 13.2. The van der Waals surface area contributed by atoms with E-state index in [2.05, 4.69) is 15.3 Å². The van der Waals surface area contributed by atoms with E-state index in [4.69, 9.17) is 21.8 Å². The van der Waals surface area contributed by atoms with Crippen LogP contribution in [-0.4, -0.2) is 20.0 Å². The molecule has 0 saturated carbocycles. The van der Waals surface area contributed by atoms with E-state index in [9.17, 15) is 0 Å². The van der Waals surface area contributed by atoms with E-state index in [0.717, 1.165) is 11.3 Å². The van der Waals surface area contributed by atoms with Crippen molar-refractivity contribution in [3.05, 3.63) is 47.4 Å². The van der Waals surface area contributed by atoms with Crippen molar-refractivity contribution in [3.8, 4) is 11.5 Å². The van der Waals surface area contributed by atoms with E-state index in [0.29, 0.717) is 23.3 Å². The first-order chi connectivity index (χ1) is 9.20. The fourth-order valence-electron chi connectivity index (χ4n) is 1.69. The zero-order valence-corrected chi connectivity index (χ0v) is 10.6. The maximum atomic E-state index is 5.93. The minimum atomic E-state index is 0.374. The van der Waals surface area contributed by atoms with Crippen LogP contribution >= 0.6 is 11.6 Å². The first kappa shape index (κ1) is 11.7. The molecule has 0 spiro atoms. The lowest BCUT2D eigenvalue weighted by atomic mass is 10.2. The van der Waals surface area contributed by atoms with E-state index in [-0.39, 0.29) is 0 Å². The van der Waals surface area contributed by atoms with Gasteiger partial charge in [0.15, 0.2) is 5.82 Å². The van der Waals surface area contributed by atoms with Crippen molar-refractivity contribution in [1.29, 1.82) is 0 Å². The summed E-state index contributed by atoms with van der Waals surface area (Å²) in [5.74, 6) is 0.893. The second-order valence-electron chi connectivity index (χ2n) is 4.00. The van der Waals surface area contributed by atoms with Crippen molar-refractivity contribution in [2.24, 2.45) is 0 Å². The number of oxazole rings is 1. The van der Waals surface area contributed by atoms with Crippen LogP contribution < -0.4 is 5.73 Å². The first-order valence-electron chi connectivity index (χ1n) is 5.57. The normalized spacial score (nSPS) is 10.8. The van der Waals surface area contributed by atoms with Gasteiger partial charge in [-0.25, -0.2) is 9.67 Å². The largest absolute Gasteiger partial charge is 0.444 e. The van der Waals surface area contributed by atoms with Crippen molar-refractivity contribution in [1.82, 2.24) is 20.0 Å². The molecule has 0 amide bonds. The summed E-state index contributed by atoms with van der Waals surface area (Å²) >= 11 is 5.93. The Kier molecular flexibility index (Phi) is 2.92. The van der Waals surface area contributed by atoms with E-state index >= 15 is 0 Å². The van der Waals surface area contributed by atoms with Gasteiger partial charge in [0, 0.05) is 10.6 Å². The van der Waals surface area contributed by atoms with Crippen LogP contribution in [0.3, 0.4) is 0 Å². The Balaban J connectivity index is 1.83. The fourth-order valence-corrected chi connectivity index (χ4v) is 1.88. The average Bonchev–Trinajstić information content (AvgIpc) is 2.99. The molecule has 19 heavy (non-hydrogen) atoms. The summed E-state index contributed by atoms with van der Waals surface area (Å²) in [5.41, 5.74) is 7.06. The Morgan fingerprint density at radius 3 is 3.00 bits per heavy atom. The van der Waals surface area contributed by atoms with Crippen LogP contribution in [0.25, 0.3) is 11.5 Å². The molecular weight excluding hydrogens is 266 g/mol. The van der Waals surface area contributed by atoms with E-state index in [1.807, 2.05) is 12.1 Å². The van der Waals surface area contributed by atoms with Crippen molar-refractivity contribution < 1.29 is 4.42 Å². The van der Waals surface area contributed by atoms with Gasteiger partial charge in [-0.1, -0.05) is 22.9 Å². The van der Waals surface area contributed by atoms with E-state index in [1.165, 1.54) is 0 Å². The lowest BCUT2D eigenvalue weighted by Crippen LogP contribution is -2.00. The van der Waals surface area contributed by atoms with Gasteiger partial charge in [-0.15, -0.1) is 5.10 Å². The van der Waals surface area contributed by atoms with Crippen LogP contribution in [0.5, 0.6) is 0 Å². The molecule has 2 aromatic heterocycles. The zero-order valence-electron chi connectivity index (χ0n) is 9.82. The molecule has 0 aliphatic rings. The van der Waals surface area contributed by atoms with Gasteiger partial charge in [-0.3, -0.25) is 0 Å². The number of nitrogen functional groups attached to an aromatic ring is 1. The molecule has 7 heteroatoms. The van der Waals surface area contributed by atoms with Crippen LogP contribution in [0.15, 0.2) is 41.1 Å². The molecule has 0 unspecified atom stereocenters. The molecule has 0 radical (unpaired) electrons. The van der Waals surface area contributed by atoms with Crippen LogP contribution in [0.4, 0.5) is 5.82 Å². The molecule has 0 aliphatic carbocycles. The number of rotatable bonds is 3. The van der Waals surface area contributed by atoms with Crippen molar-refractivity contribution >= 4 is 17.4 Å². The molecule has 1 aromatic carbocycles. The fraction of sp³-hybridized carbons (Fsp3) is 0.0833. The molecule has 2 heterocycles. The molecule has 0 fully saturated rings. The Morgan fingerprint density at radius 2 is 2.26 bits per heavy atom. The monoisotopic (exact) mass is 275 g/mol. The summed E-state index contributed by atoms with van der Waals surface area (Å²) in [6.07, 6.45) is 3.21. The highest BCUT2D eigenvalue weighted by atomic mass is 35.5. The molecule has 6 nitrogen and oxygen atoms in total. The van der Waals surface area contributed by atoms with Crippen molar-refractivity contribution in [2.75, 3.05) is 5.73 Å². The third-order valence-corrected chi connectivity index (χ3v) is 2.74. The number of benzene rings is 1. The van der Waals surface area contributed by atoms with Gasteiger partial charge in [0.2, 0.25) is 5.89 Å². The number of nitrogens with zero attached hydrogens (tertiary/aromatic N) is 4. The number of halogens is 1. The first-order valence-corrected chi connectivity index (χ1v) is 5.94. The van der Waals surface area contributed by atoms with Gasteiger partial charge in [0.05, 0.1) is 12.7 Å². The number of hydrogen-bond donors (Lipinski definition) is 1. The Bertz CT molecular complexity index is 705. The van der Waals surface area contributed by atoms with Gasteiger partial charge >= 0.3 is 0 Å². The number of anilines is 1. The smallest absolute Gasteiger partial charge is 0.226 e. The van der Waals surface area contributed by atoms with Crippen LogP contribution in [0.1, 0.15) is 5.69 Å². The number of nitrogens with two attached hydrogens (primary N) is 1. The standard InChI is InChI=1S/C12H10ClN5O/c13-9-3-1-2-8(4-9)12-15-10(7-19-12)5-18-6-11(14)16-17-18/h1-4,6-7H,5,14H2. The summed E-state index contributed by atoms with van der Waals surface area (Å²) in [4.78, 5) is 4.37. The molecule has 96 valence electrons. The minimum absolute atomic E-state index is 0.374. The molecule has 0 bridgehead atoms. The predicted molar refractivity (Wildman–Crippen MR) is 70.5 cm³/mol. The molecule has 0 saturated heterocycles. The average molecular weight is 276 g/mol. The van der Waals surface area contributed by atoms with Gasteiger partial charge in [0.1, 0.15) is 12.0 Å². The summed E-state index contributed by atoms with van der Waals surface area (Å²) in [5, 5.41) is 8.19. The molecule has 0 aliphatic heterocycles. The highest BCUT2D eigenvalue weighted by Crippen LogP contribution is 2.22. The molecular formula is C12H10ClN5O. The Morgan fingerprint density at radius 1 is 1.37 bits per heavy atom. The van der Waals surface area contributed by atoms with E-state index < -0.39 is 0 Å². The van der Waals surface area contributed by atoms with Crippen LogP contribution in [0, 0.1) is 0 Å². The van der Waals surface area contributed by atoms with Gasteiger partial charge in [-0.05, 0) is 18.2 Å². The Hall–Kier alpha value is -2.34. The molecule has 2 N–H and O–H groups in total. The predicted octanol–water partition coefficient (Wildman–Crippen LogP) is 2.22. The second kappa shape index (κ2) is 4.74. The summed E-state index contributed by atoms with van der Waals surface area (Å²) in [7, 11) is 0. The number of hydrogen-bond acceptors (Lipinski definition) is 5. The van der Waals surface area contributed by atoms with Crippen molar-refractivity contribution in [2.45, 2.75) is 6.54 Å². The molecule has 0 atom stereocenters. The highest BCUT2D eigenvalue weighted by molar-refractivity contribution is 6.30. The maximum Gasteiger partial charge on any atom is 0.226 e. The Labute approximate surface area is 113 Å². The minimum Gasteiger partial charge on any atom is -0.444 e. The maximum absolute atomic E-state index is 5.93. The third-order valence-electron chi connectivity index (χ3n) is 2.50. The quantitative estimate of drug-likeness (QED) is 0.792. The third kappa shape index (κ3) is 2.58. The lowest BCUT2D eigenvalue weighted by Gasteiger charge is -1.95. The van der Waals surface area contributed by atoms with Crippen LogP contribution in [-0.2, 0) is 6.54 Å². The summed E-state index contributed by atoms with van der Waals surface area (Å²) in [6, 6.07) is 7.33. The van der Waals surface area contributed by atoms with Crippen LogP contribution in [0.2, 0.25) is 5.02 Å². The SMILES string of the molecule is Nc1cn(Cc2coc(-c3cccc(Cl)c3)n2)nn1. The molecule has 3 aromatic rings. The lowest BCUT2D eigenvalue weighted by molar-refractivity contribution is 0.568. The van der Waals surface area contributed by atoms with Gasteiger partial charge in [0.25, 0.3) is 0 Å². The van der Waals surface area contributed by atoms with E-state index in [1.54, 1.807) is 29.3 Å². The summed E-state index contributed by atoms with van der Waals surface area (Å²) < 4.78 is 7.01. The number of aromatic nitrogens is 4. The van der Waals surface area contributed by atoms with Gasteiger partial charge in [-0.2, -0.15) is 0 Å². The highest BCUT2D eigenvalue weighted by Gasteiger charge is 2.08.